The van der Waals surface area contributed by atoms with Gasteiger partial charge in [-0.15, -0.1) is 0 Å². The first kappa shape index (κ1) is 24.4. The van der Waals surface area contributed by atoms with Crippen molar-refractivity contribution in [2.45, 2.75) is 110 Å². The van der Waals surface area contributed by atoms with Gasteiger partial charge in [0.05, 0.1) is 12.7 Å². The first-order valence-corrected chi connectivity index (χ1v) is 10.5. The number of hydrogen-bond donors (Lipinski definition) is 3. The molecule has 0 amide bonds. The Morgan fingerprint density at radius 1 is 0.800 bits per heavy atom. The predicted molar refractivity (Wildman–Crippen MR) is 104 cm³/mol. The van der Waals surface area contributed by atoms with Crippen LogP contribution in [0.1, 0.15) is 104 Å². The fourth-order valence-electron chi connectivity index (χ4n) is 3.42. The van der Waals surface area contributed by atoms with Gasteiger partial charge in [0.2, 0.25) is 0 Å². The Kier molecular flexibility index (Phi) is 16.4. The van der Waals surface area contributed by atoms with Crippen molar-refractivity contribution in [1.82, 2.24) is 0 Å². The smallest absolute Gasteiger partial charge is 0.303 e. The molecule has 4 heteroatoms. The topological polar surface area (TPSA) is 77.8 Å². The fourth-order valence-corrected chi connectivity index (χ4v) is 3.42. The second-order valence-corrected chi connectivity index (χ2v) is 8.02. The maximum Gasteiger partial charge on any atom is 0.303 e. The average Bonchev–Trinajstić information content (AvgIpc) is 2.56. The summed E-state index contributed by atoms with van der Waals surface area (Å²) in [5, 5.41) is 27.4. The lowest BCUT2D eigenvalue weighted by molar-refractivity contribution is -0.137. The molecule has 2 atom stereocenters. The molecule has 2 unspecified atom stereocenters. The molecule has 0 saturated carbocycles. The molecule has 0 spiro atoms. The second kappa shape index (κ2) is 16.8. The number of carboxylic acids is 1. The second-order valence-electron chi connectivity index (χ2n) is 8.02. The highest BCUT2D eigenvalue weighted by molar-refractivity contribution is 5.66. The lowest BCUT2D eigenvalue weighted by Gasteiger charge is -2.19. The fraction of sp³-hybridized carbons (Fsp3) is 0.952. The third-order valence-corrected chi connectivity index (χ3v) is 4.96. The van der Waals surface area contributed by atoms with E-state index in [1.807, 2.05) is 0 Å². The van der Waals surface area contributed by atoms with Crippen LogP contribution in [0.2, 0.25) is 0 Å². The molecule has 0 bridgehead atoms. The highest BCUT2D eigenvalue weighted by Crippen LogP contribution is 2.23. The minimum Gasteiger partial charge on any atom is -0.481 e. The third kappa shape index (κ3) is 18.0. The molecule has 0 aliphatic carbocycles. The van der Waals surface area contributed by atoms with Gasteiger partial charge in [0.15, 0.2) is 0 Å². The van der Waals surface area contributed by atoms with Crippen LogP contribution in [0, 0.1) is 11.8 Å². The standard InChI is InChI=1S/C21H42O4/c1-18(2)12-8-6-4-3-5-7-9-13-19(16-20(23)17-22)14-10-11-15-21(24)25/h18-20,22-23H,3-17H2,1-2H3,(H,24,25). The molecule has 150 valence electrons. The van der Waals surface area contributed by atoms with Gasteiger partial charge in [-0.05, 0) is 24.7 Å². The van der Waals surface area contributed by atoms with Crippen molar-refractivity contribution in [3.63, 3.8) is 0 Å². The highest BCUT2D eigenvalue weighted by Gasteiger charge is 2.14. The minimum atomic E-state index is -0.736. The van der Waals surface area contributed by atoms with E-state index < -0.39 is 12.1 Å². The Hall–Kier alpha value is -0.610. The number of aliphatic hydroxyl groups excluding tert-OH is 2. The van der Waals surface area contributed by atoms with Gasteiger partial charge in [0, 0.05) is 6.42 Å². The van der Waals surface area contributed by atoms with Crippen LogP contribution in [0.4, 0.5) is 0 Å². The first-order valence-electron chi connectivity index (χ1n) is 10.5. The SMILES string of the molecule is CC(C)CCCCCCCCCC(CCCCC(=O)O)CC(O)CO. The van der Waals surface area contributed by atoms with Crippen LogP contribution < -0.4 is 0 Å². The summed E-state index contributed by atoms with van der Waals surface area (Å²) in [7, 11) is 0. The summed E-state index contributed by atoms with van der Waals surface area (Å²) in [6.45, 7) is 4.39. The summed E-state index contributed by atoms with van der Waals surface area (Å²) in [6.07, 6.45) is 14.3. The molecule has 0 rings (SSSR count). The average molecular weight is 359 g/mol. The van der Waals surface area contributed by atoms with Crippen molar-refractivity contribution in [3.8, 4) is 0 Å². The molecular formula is C21H42O4. The molecule has 4 nitrogen and oxygen atoms in total. The molecule has 0 aromatic heterocycles. The van der Waals surface area contributed by atoms with Crippen molar-refractivity contribution in [1.29, 1.82) is 0 Å². The van der Waals surface area contributed by atoms with Crippen LogP contribution in [0.5, 0.6) is 0 Å². The predicted octanol–water partition coefficient (Wildman–Crippen LogP) is 5.16. The van der Waals surface area contributed by atoms with Gasteiger partial charge in [-0.3, -0.25) is 4.79 Å². The number of unbranched alkanes of at least 4 members (excludes halogenated alkanes) is 7. The summed E-state index contributed by atoms with van der Waals surface area (Å²) in [5.41, 5.74) is 0. The number of aliphatic carboxylic acids is 1. The zero-order valence-corrected chi connectivity index (χ0v) is 16.6. The van der Waals surface area contributed by atoms with Crippen LogP contribution in [-0.2, 0) is 4.79 Å². The largest absolute Gasteiger partial charge is 0.481 e. The van der Waals surface area contributed by atoms with E-state index in [0.717, 1.165) is 25.2 Å². The van der Waals surface area contributed by atoms with Crippen LogP contribution in [-0.4, -0.2) is 34.0 Å². The Morgan fingerprint density at radius 2 is 1.28 bits per heavy atom. The zero-order chi connectivity index (χ0) is 18.9. The Bertz CT molecular complexity index is 304. The molecule has 0 aromatic carbocycles. The van der Waals surface area contributed by atoms with Gasteiger partial charge in [-0.1, -0.05) is 84.5 Å². The Balaban J connectivity index is 3.73. The highest BCUT2D eigenvalue weighted by atomic mass is 16.4. The quantitative estimate of drug-likeness (QED) is 0.296. The van der Waals surface area contributed by atoms with Gasteiger partial charge >= 0.3 is 5.97 Å². The van der Waals surface area contributed by atoms with E-state index in [9.17, 15) is 9.90 Å². The lowest BCUT2D eigenvalue weighted by Crippen LogP contribution is -2.17. The molecular weight excluding hydrogens is 316 g/mol. The van der Waals surface area contributed by atoms with Gasteiger partial charge in [-0.25, -0.2) is 0 Å². The Morgan fingerprint density at radius 3 is 1.76 bits per heavy atom. The maximum absolute atomic E-state index is 10.6. The van der Waals surface area contributed by atoms with E-state index >= 15 is 0 Å². The molecule has 0 saturated heterocycles. The van der Waals surface area contributed by atoms with Gasteiger partial charge in [-0.2, -0.15) is 0 Å². The van der Waals surface area contributed by atoms with Gasteiger partial charge < -0.3 is 15.3 Å². The summed E-state index contributed by atoms with van der Waals surface area (Å²) < 4.78 is 0. The monoisotopic (exact) mass is 358 g/mol. The minimum absolute atomic E-state index is 0.179. The normalized spacial score (nSPS) is 14.0. The lowest BCUT2D eigenvalue weighted by atomic mass is 9.90. The zero-order valence-electron chi connectivity index (χ0n) is 16.6. The number of carbonyl (C=O) groups is 1. The van der Waals surface area contributed by atoms with E-state index in [-0.39, 0.29) is 13.0 Å². The first-order chi connectivity index (χ1) is 12.0. The van der Waals surface area contributed by atoms with Crippen molar-refractivity contribution in [2.24, 2.45) is 11.8 Å². The molecule has 0 aliphatic rings. The molecule has 3 N–H and O–H groups in total. The maximum atomic E-state index is 10.6. The van der Waals surface area contributed by atoms with Crippen LogP contribution in [0.25, 0.3) is 0 Å². The number of rotatable bonds is 18. The van der Waals surface area contributed by atoms with Crippen molar-refractivity contribution in [2.75, 3.05) is 6.61 Å². The number of aliphatic hydroxyl groups is 2. The van der Waals surface area contributed by atoms with Crippen molar-refractivity contribution in [3.05, 3.63) is 0 Å². The van der Waals surface area contributed by atoms with Crippen LogP contribution in [0.3, 0.4) is 0 Å². The van der Waals surface area contributed by atoms with Crippen LogP contribution in [0.15, 0.2) is 0 Å². The van der Waals surface area contributed by atoms with Gasteiger partial charge in [0.25, 0.3) is 0 Å². The van der Waals surface area contributed by atoms with E-state index in [1.54, 1.807) is 0 Å². The molecule has 0 radical (unpaired) electrons. The van der Waals surface area contributed by atoms with E-state index in [0.29, 0.717) is 18.8 Å². The molecule has 0 heterocycles. The van der Waals surface area contributed by atoms with E-state index in [2.05, 4.69) is 13.8 Å². The van der Waals surface area contributed by atoms with E-state index in [1.165, 1.54) is 51.4 Å². The molecule has 0 aromatic rings. The van der Waals surface area contributed by atoms with Crippen molar-refractivity contribution >= 4 is 5.97 Å². The van der Waals surface area contributed by atoms with Gasteiger partial charge in [0.1, 0.15) is 0 Å². The third-order valence-electron chi connectivity index (χ3n) is 4.96. The summed E-state index contributed by atoms with van der Waals surface area (Å²) >= 11 is 0. The molecule has 25 heavy (non-hydrogen) atoms. The summed E-state index contributed by atoms with van der Waals surface area (Å²) in [5.74, 6) is 0.490. The Labute approximate surface area is 155 Å². The summed E-state index contributed by atoms with van der Waals surface area (Å²) in [6, 6.07) is 0. The summed E-state index contributed by atoms with van der Waals surface area (Å²) in [4.78, 5) is 10.6. The van der Waals surface area contributed by atoms with Crippen molar-refractivity contribution < 1.29 is 20.1 Å². The molecule has 0 aliphatic heterocycles. The molecule has 0 fully saturated rings. The van der Waals surface area contributed by atoms with E-state index in [4.69, 9.17) is 10.2 Å². The number of carboxylic acid groups (broad SMARTS) is 1. The number of hydrogen-bond acceptors (Lipinski definition) is 3. The van der Waals surface area contributed by atoms with Crippen LogP contribution >= 0.6 is 0 Å².